The highest BCUT2D eigenvalue weighted by Gasteiger charge is 2.59. The number of rotatable bonds is 3. The summed E-state index contributed by atoms with van der Waals surface area (Å²) in [4.78, 5) is 10.4. The summed E-state index contributed by atoms with van der Waals surface area (Å²) in [6.07, 6.45) is 1.55. The van der Waals surface area contributed by atoms with Gasteiger partial charge in [0.1, 0.15) is 5.60 Å². The Labute approximate surface area is 87.1 Å². The minimum atomic E-state index is -4.04. The van der Waals surface area contributed by atoms with Gasteiger partial charge in [-0.15, -0.1) is 0 Å². The molecule has 2 N–H and O–H groups in total. The second-order valence-electron chi connectivity index (χ2n) is 4.26. The highest BCUT2D eigenvalue weighted by molar-refractivity contribution is 5.77. The largest absolute Gasteiger partial charge is 0.477 e. The summed E-state index contributed by atoms with van der Waals surface area (Å²) in [5.41, 5.74) is -2.36. The van der Waals surface area contributed by atoms with Crippen molar-refractivity contribution in [2.45, 2.75) is 50.6 Å². The zero-order chi connectivity index (χ0) is 11.7. The van der Waals surface area contributed by atoms with E-state index in [0.717, 1.165) is 6.42 Å². The summed E-state index contributed by atoms with van der Waals surface area (Å²) in [5, 5.41) is 18.0. The summed E-state index contributed by atoms with van der Waals surface area (Å²) >= 11 is 0. The molecular formula is C10H16F2O3. The molecule has 0 amide bonds. The van der Waals surface area contributed by atoms with Gasteiger partial charge in [0.15, 0.2) is 0 Å². The summed E-state index contributed by atoms with van der Waals surface area (Å²) in [5.74, 6) is -5.94. The van der Waals surface area contributed by atoms with E-state index >= 15 is 0 Å². The van der Waals surface area contributed by atoms with Gasteiger partial charge in [-0.1, -0.05) is 13.3 Å². The third kappa shape index (κ3) is 2.12. The molecule has 0 aromatic rings. The molecule has 1 aliphatic rings. The van der Waals surface area contributed by atoms with Crippen molar-refractivity contribution in [3.8, 4) is 0 Å². The minimum Gasteiger partial charge on any atom is -0.477 e. The van der Waals surface area contributed by atoms with E-state index in [0.29, 0.717) is 18.8 Å². The zero-order valence-corrected chi connectivity index (χ0v) is 8.67. The lowest BCUT2D eigenvalue weighted by Crippen LogP contribution is -2.54. The molecule has 1 aliphatic carbocycles. The standard InChI is InChI=1S/C10H16F2O3/c1-2-7-3-5-9(15,6-4-7)10(11,12)8(13)14/h7,15H,2-6H2,1H3,(H,13,14). The van der Waals surface area contributed by atoms with Crippen molar-refractivity contribution in [1.29, 1.82) is 0 Å². The lowest BCUT2D eigenvalue weighted by Gasteiger charge is -2.38. The van der Waals surface area contributed by atoms with Crippen LogP contribution in [0.3, 0.4) is 0 Å². The van der Waals surface area contributed by atoms with Gasteiger partial charge in [-0.2, -0.15) is 8.78 Å². The van der Waals surface area contributed by atoms with Crippen LogP contribution in [-0.2, 0) is 4.79 Å². The third-order valence-electron chi connectivity index (χ3n) is 3.36. The van der Waals surface area contributed by atoms with E-state index in [2.05, 4.69) is 0 Å². The highest BCUT2D eigenvalue weighted by Crippen LogP contribution is 2.43. The Hall–Kier alpha value is -0.710. The van der Waals surface area contributed by atoms with Crippen LogP contribution in [0.2, 0.25) is 0 Å². The van der Waals surface area contributed by atoms with Crippen LogP contribution < -0.4 is 0 Å². The molecule has 1 fully saturated rings. The van der Waals surface area contributed by atoms with Crippen molar-refractivity contribution in [2.75, 3.05) is 0 Å². The molecule has 0 aromatic heterocycles. The number of carboxylic acid groups (broad SMARTS) is 1. The highest BCUT2D eigenvalue weighted by atomic mass is 19.3. The van der Waals surface area contributed by atoms with E-state index in [9.17, 15) is 18.7 Å². The quantitative estimate of drug-likeness (QED) is 0.768. The number of halogens is 2. The van der Waals surface area contributed by atoms with E-state index in [1.54, 1.807) is 0 Å². The Bertz CT molecular complexity index is 245. The van der Waals surface area contributed by atoms with Crippen LogP contribution in [0.1, 0.15) is 39.0 Å². The Balaban J connectivity index is 2.74. The molecule has 0 atom stereocenters. The van der Waals surface area contributed by atoms with Crippen LogP contribution in [0, 0.1) is 5.92 Å². The first kappa shape index (κ1) is 12.4. The maximum atomic E-state index is 13.2. The molecule has 0 saturated heterocycles. The minimum absolute atomic E-state index is 0.134. The molecule has 5 heteroatoms. The van der Waals surface area contributed by atoms with Gasteiger partial charge < -0.3 is 10.2 Å². The Morgan fingerprint density at radius 3 is 2.27 bits per heavy atom. The first-order valence-electron chi connectivity index (χ1n) is 5.17. The molecule has 0 aromatic carbocycles. The molecular weight excluding hydrogens is 206 g/mol. The number of carboxylic acids is 1. The topological polar surface area (TPSA) is 57.5 Å². The molecule has 0 heterocycles. The second kappa shape index (κ2) is 4.04. The fraction of sp³-hybridized carbons (Fsp3) is 0.900. The van der Waals surface area contributed by atoms with Crippen LogP contribution >= 0.6 is 0 Å². The molecule has 0 aliphatic heterocycles. The molecule has 0 bridgehead atoms. The summed E-state index contributed by atoms with van der Waals surface area (Å²) in [6, 6.07) is 0. The molecule has 15 heavy (non-hydrogen) atoms. The Morgan fingerprint density at radius 1 is 1.47 bits per heavy atom. The monoisotopic (exact) mass is 222 g/mol. The lowest BCUT2D eigenvalue weighted by atomic mass is 9.74. The van der Waals surface area contributed by atoms with E-state index in [-0.39, 0.29) is 12.8 Å². The third-order valence-corrected chi connectivity index (χ3v) is 3.36. The van der Waals surface area contributed by atoms with Gasteiger partial charge in [0.25, 0.3) is 0 Å². The molecule has 0 radical (unpaired) electrons. The number of aliphatic hydroxyl groups is 1. The second-order valence-corrected chi connectivity index (χ2v) is 4.26. The molecule has 0 unspecified atom stereocenters. The summed E-state index contributed by atoms with van der Waals surface area (Å²) in [6.45, 7) is 1.96. The number of aliphatic carboxylic acids is 1. The maximum Gasteiger partial charge on any atom is 0.377 e. The van der Waals surface area contributed by atoms with E-state index in [4.69, 9.17) is 5.11 Å². The normalized spacial score (nSPS) is 32.7. The first-order chi connectivity index (χ1) is 6.83. The predicted molar refractivity (Wildman–Crippen MR) is 49.8 cm³/mol. The number of alkyl halides is 2. The van der Waals surface area contributed by atoms with Crippen molar-refractivity contribution < 1.29 is 23.8 Å². The Kier molecular flexibility index (Phi) is 3.33. The molecule has 88 valence electrons. The van der Waals surface area contributed by atoms with Crippen molar-refractivity contribution in [3.63, 3.8) is 0 Å². The Morgan fingerprint density at radius 2 is 1.93 bits per heavy atom. The maximum absolute atomic E-state index is 13.2. The van der Waals surface area contributed by atoms with Gasteiger partial charge in [0.2, 0.25) is 0 Å². The SMILES string of the molecule is CCC1CCC(O)(C(F)(F)C(=O)O)CC1. The van der Waals surface area contributed by atoms with Crippen molar-refractivity contribution in [2.24, 2.45) is 5.92 Å². The first-order valence-corrected chi connectivity index (χ1v) is 5.17. The summed E-state index contributed by atoms with van der Waals surface area (Å²) in [7, 11) is 0. The lowest BCUT2D eigenvalue weighted by molar-refractivity contribution is -0.217. The number of carbonyl (C=O) groups is 1. The molecule has 3 nitrogen and oxygen atoms in total. The van der Waals surface area contributed by atoms with Crippen molar-refractivity contribution >= 4 is 5.97 Å². The van der Waals surface area contributed by atoms with Gasteiger partial charge in [-0.25, -0.2) is 4.79 Å². The fourth-order valence-corrected chi connectivity index (χ4v) is 2.08. The van der Waals surface area contributed by atoms with Gasteiger partial charge >= 0.3 is 11.9 Å². The number of hydrogen-bond acceptors (Lipinski definition) is 2. The van der Waals surface area contributed by atoms with Crippen LogP contribution in [0.4, 0.5) is 8.78 Å². The molecule has 0 spiro atoms. The average Bonchev–Trinajstić information content (AvgIpc) is 2.18. The van der Waals surface area contributed by atoms with Gasteiger partial charge in [0, 0.05) is 0 Å². The van der Waals surface area contributed by atoms with Crippen LogP contribution in [0.5, 0.6) is 0 Å². The number of hydrogen-bond donors (Lipinski definition) is 2. The van der Waals surface area contributed by atoms with Crippen molar-refractivity contribution in [3.05, 3.63) is 0 Å². The van der Waals surface area contributed by atoms with Gasteiger partial charge in [-0.3, -0.25) is 0 Å². The van der Waals surface area contributed by atoms with Crippen LogP contribution in [0.25, 0.3) is 0 Å². The van der Waals surface area contributed by atoms with E-state index in [1.807, 2.05) is 6.92 Å². The molecule has 1 rings (SSSR count). The summed E-state index contributed by atoms with van der Waals surface area (Å²) < 4.78 is 26.4. The van der Waals surface area contributed by atoms with Gasteiger partial charge in [0.05, 0.1) is 0 Å². The smallest absolute Gasteiger partial charge is 0.377 e. The van der Waals surface area contributed by atoms with Crippen LogP contribution in [0.15, 0.2) is 0 Å². The van der Waals surface area contributed by atoms with Gasteiger partial charge in [-0.05, 0) is 31.6 Å². The average molecular weight is 222 g/mol. The fourth-order valence-electron chi connectivity index (χ4n) is 2.08. The van der Waals surface area contributed by atoms with Crippen LogP contribution in [-0.4, -0.2) is 27.7 Å². The zero-order valence-electron chi connectivity index (χ0n) is 8.67. The molecule has 1 saturated carbocycles. The predicted octanol–water partition coefficient (Wildman–Crippen LogP) is 2.04. The van der Waals surface area contributed by atoms with Crippen molar-refractivity contribution in [1.82, 2.24) is 0 Å². The van der Waals surface area contributed by atoms with E-state index in [1.165, 1.54) is 0 Å². The van der Waals surface area contributed by atoms with E-state index < -0.39 is 17.5 Å².